The number of pyridine rings is 1. The van der Waals surface area contributed by atoms with E-state index in [9.17, 15) is 4.79 Å². The molecule has 1 aromatic rings. The van der Waals surface area contributed by atoms with Crippen molar-refractivity contribution in [2.24, 2.45) is 0 Å². The Bertz CT molecular complexity index is 602. The fraction of sp³-hybridized carbons (Fsp3) is 0.714. The van der Waals surface area contributed by atoms with Gasteiger partial charge in [-0.2, -0.15) is 0 Å². The molecule has 1 amide bonds. The summed E-state index contributed by atoms with van der Waals surface area (Å²) in [4.78, 5) is 21.9. The summed E-state index contributed by atoms with van der Waals surface area (Å²) in [6.45, 7) is 4.55. The topological polar surface area (TPSA) is 60.5 Å². The van der Waals surface area contributed by atoms with Gasteiger partial charge < -0.3 is 4.90 Å². The molecule has 2 N–H and O–H groups in total. The fourth-order valence-electron chi connectivity index (χ4n) is 5.03. The molecule has 148 valence electrons. The number of likely N-dealkylation sites (tertiary alicyclic amines) is 2. The number of amides is 1. The van der Waals surface area contributed by atoms with E-state index < -0.39 is 0 Å². The molecule has 4 rings (SSSR count). The van der Waals surface area contributed by atoms with Crippen molar-refractivity contribution >= 4 is 5.91 Å². The summed E-state index contributed by atoms with van der Waals surface area (Å²) in [6, 6.07) is 4.75. The van der Waals surface area contributed by atoms with Gasteiger partial charge >= 0.3 is 0 Å². The number of nitrogens with one attached hydrogen (secondary N) is 2. The van der Waals surface area contributed by atoms with Crippen LogP contribution in [-0.2, 0) is 4.79 Å². The first-order valence-electron chi connectivity index (χ1n) is 10.7. The van der Waals surface area contributed by atoms with E-state index in [1.54, 1.807) is 0 Å². The zero-order chi connectivity index (χ0) is 18.5. The Hall–Kier alpha value is -1.50. The molecule has 1 aromatic heterocycles. The van der Waals surface area contributed by atoms with E-state index in [1.165, 1.54) is 37.7 Å². The maximum atomic E-state index is 13.2. The van der Waals surface area contributed by atoms with Gasteiger partial charge in [-0.15, -0.1) is 0 Å². The Morgan fingerprint density at radius 2 is 1.78 bits per heavy atom. The van der Waals surface area contributed by atoms with E-state index in [-0.39, 0.29) is 12.1 Å². The number of hydrazine groups is 1. The van der Waals surface area contributed by atoms with E-state index in [4.69, 9.17) is 0 Å². The number of piperidine rings is 1. The number of carbonyl (C=O) groups is 1. The third-order valence-electron chi connectivity index (χ3n) is 6.50. The summed E-state index contributed by atoms with van der Waals surface area (Å²) in [5.74, 6) is 0.702. The van der Waals surface area contributed by atoms with Crippen molar-refractivity contribution in [2.75, 3.05) is 32.7 Å². The maximum absolute atomic E-state index is 13.2. The SMILES string of the molecule is O=C(CN1CCCCCC1)N1CCCCC1C1NNCC1c1ccncc1. The molecule has 6 heteroatoms. The summed E-state index contributed by atoms with van der Waals surface area (Å²) >= 11 is 0. The lowest BCUT2D eigenvalue weighted by molar-refractivity contribution is -0.137. The lowest BCUT2D eigenvalue weighted by atomic mass is 9.84. The molecule has 27 heavy (non-hydrogen) atoms. The van der Waals surface area contributed by atoms with Gasteiger partial charge in [0.1, 0.15) is 0 Å². The van der Waals surface area contributed by atoms with Crippen molar-refractivity contribution in [3.05, 3.63) is 30.1 Å². The first-order chi connectivity index (χ1) is 13.3. The molecule has 0 saturated carbocycles. The number of hydrogen-bond acceptors (Lipinski definition) is 5. The van der Waals surface area contributed by atoms with Crippen molar-refractivity contribution < 1.29 is 4.79 Å². The van der Waals surface area contributed by atoms with Crippen LogP contribution < -0.4 is 10.9 Å². The molecule has 3 unspecified atom stereocenters. The minimum Gasteiger partial charge on any atom is -0.337 e. The van der Waals surface area contributed by atoms with Crippen LogP contribution >= 0.6 is 0 Å². The average Bonchev–Trinajstić information content (AvgIpc) is 3.07. The standard InChI is InChI=1S/C21H33N5O/c27-20(16-25-12-4-1-2-5-13-25)26-14-6-3-7-19(26)21-18(15-23-24-21)17-8-10-22-11-9-17/h8-11,18-19,21,23-24H,1-7,12-16H2. The van der Waals surface area contributed by atoms with Gasteiger partial charge in [-0.3, -0.25) is 25.5 Å². The summed E-state index contributed by atoms with van der Waals surface area (Å²) in [5.41, 5.74) is 8.15. The Morgan fingerprint density at radius 1 is 1.04 bits per heavy atom. The number of rotatable bonds is 4. The molecule has 0 bridgehead atoms. The maximum Gasteiger partial charge on any atom is 0.237 e. The molecule has 0 spiro atoms. The fourth-order valence-corrected chi connectivity index (χ4v) is 5.03. The normalized spacial score (nSPS) is 30.2. The number of carbonyl (C=O) groups excluding carboxylic acids is 1. The molecule has 0 aromatic carbocycles. The van der Waals surface area contributed by atoms with Gasteiger partial charge in [0.05, 0.1) is 6.54 Å². The molecule has 3 atom stereocenters. The summed E-state index contributed by atoms with van der Waals surface area (Å²) in [5, 5.41) is 0. The van der Waals surface area contributed by atoms with Gasteiger partial charge in [0.2, 0.25) is 5.91 Å². The van der Waals surface area contributed by atoms with Crippen LogP contribution in [0.2, 0.25) is 0 Å². The highest BCUT2D eigenvalue weighted by Gasteiger charge is 2.40. The Labute approximate surface area is 162 Å². The van der Waals surface area contributed by atoms with E-state index in [2.05, 4.69) is 37.8 Å². The zero-order valence-electron chi connectivity index (χ0n) is 16.3. The van der Waals surface area contributed by atoms with Crippen LogP contribution in [0.4, 0.5) is 0 Å². The second-order valence-corrected chi connectivity index (χ2v) is 8.28. The van der Waals surface area contributed by atoms with Crippen molar-refractivity contribution in [1.82, 2.24) is 25.6 Å². The summed E-state index contributed by atoms with van der Waals surface area (Å²) in [6.07, 6.45) is 12.2. The second-order valence-electron chi connectivity index (χ2n) is 8.28. The highest BCUT2D eigenvalue weighted by atomic mass is 16.2. The first-order valence-corrected chi connectivity index (χ1v) is 10.7. The number of aromatic nitrogens is 1. The van der Waals surface area contributed by atoms with Gasteiger partial charge in [0, 0.05) is 43.5 Å². The second kappa shape index (κ2) is 9.13. The van der Waals surface area contributed by atoms with Crippen LogP contribution in [0.15, 0.2) is 24.5 Å². The quantitative estimate of drug-likeness (QED) is 0.847. The van der Waals surface area contributed by atoms with Crippen LogP contribution in [0.3, 0.4) is 0 Å². The van der Waals surface area contributed by atoms with Crippen LogP contribution in [-0.4, -0.2) is 65.5 Å². The molecule has 0 radical (unpaired) electrons. The molecular formula is C21H33N5O. The number of hydrogen-bond donors (Lipinski definition) is 2. The van der Waals surface area contributed by atoms with E-state index in [1.807, 2.05) is 12.4 Å². The predicted octanol–water partition coefficient (Wildman–Crippen LogP) is 1.90. The number of nitrogens with zero attached hydrogens (tertiary/aromatic N) is 3. The largest absolute Gasteiger partial charge is 0.337 e. The summed E-state index contributed by atoms with van der Waals surface area (Å²) in [7, 11) is 0. The van der Waals surface area contributed by atoms with Crippen LogP contribution in [0.25, 0.3) is 0 Å². The molecular weight excluding hydrogens is 338 g/mol. The molecule has 3 aliphatic heterocycles. The lowest BCUT2D eigenvalue weighted by Gasteiger charge is -2.41. The predicted molar refractivity (Wildman–Crippen MR) is 106 cm³/mol. The van der Waals surface area contributed by atoms with Gasteiger partial charge in [0.25, 0.3) is 0 Å². The van der Waals surface area contributed by atoms with Crippen LogP contribution in [0, 0.1) is 0 Å². The van der Waals surface area contributed by atoms with Gasteiger partial charge in [-0.25, -0.2) is 0 Å². The molecule has 3 aliphatic rings. The first kappa shape index (κ1) is 18.8. The molecule has 6 nitrogen and oxygen atoms in total. The van der Waals surface area contributed by atoms with Gasteiger partial charge in [-0.1, -0.05) is 12.8 Å². The van der Waals surface area contributed by atoms with Crippen LogP contribution in [0.5, 0.6) is 0 Å². The third-order valence-corrected chi connectivity index (χ3v) is 6.50. The zero-order valence-corrected chi connectivity index (χ0v) is 16.3. The van der Waals surface area contributed by atoms with Crippen molar-refractivity contribution in [3.8, 4) is 0 Å². The molecule has 3 fully saturated rings. The van der Waals surface area contributed by atoms with E-state index in [0.29, 0.717) is 18.4 Å². The minimum atomic E-state index is 0.265. The van der Waals surface area contributed by atoms with E-state index >= 15 is 0 Å². The molecule has 4 heterocycles. The highest BCUT2D eigenvalue weighted by Crippen LogP contribution is 2.30. The average molecular weight is 372 g/mol. The smallest absolute Gasteiger partial charge is 0.237 e. The Morgan fingerprint density at radius 3 is 2.56 bits per heavy atom. The van der Waals surface area contributed by atoms with E-state index in [0.717, 1.165) is 39.0 Å². The lowest BCUT2D eigenvalue weighted by Crippen LogP contribution is -2.56. The van der Waals surface area contributed by atoms with Crippen molar-refractivity contribution in [1.29, 1.82) is 0 Å². The van der Waals surface area contributed by atoms with Gasteiger partial charge in [-0.05, 0) is 62.9 Å². The van der Waals surface area contributed by atoms with Gasteiger partial charge in [0.15, 0.2) is 0 Å². The monoisotopic (exact) mass is 371 g/mol. The van der Waals surface area contributed by atoms with Crippen molar-refractivity contribution in [3.63, 3.8) is 0 Å². The minimum absolute atomic E-state index is 0.265. The van der Waals surface area contributed by atoms with Crippen LogP contribution in [0.1, 0.15) is 56.4 Å². The Kier molecular flexibility index (Phi) is 6.37. The molecule has 3 saturated heterocycles. The highest BCUT2D eigenvalue weighted by molar-refractivity contribution is 5.79. The Balaban J connectivity index is 1.45. The third kappa shape index (κ3) is 4.50. The summed E-state index contributed by atoms with van der Waals surface area (Å²) < 4.78 is 0. The van der Waals surface area contributed by atoms with Crippen molar-refractivity contribution in [2.45, 2.75) is 62.9 Å². The molecule has 0 aliphatic carbocycles.